The van der Waals surface area contributed by atoms with Crippen molar-refractivity contribution in [2.45, 2.75) is 25.3 Å². The largest absolute Gasteiger partial charge is 0.530 e. The van der Waals surface area contributed by atoms with Crippen LogP contribution in [0.15, 0.2) is 60.7 Å². The van der Waals surface area contributed by atoms with Crippen molar-refractivity contribution in [3.05, 3.63) is 60.7 Å². The summed E-state index contributed by atoms with van der Waals surface area (Å²) in [5, 5.41) is 0. The van der Waals surface area contributed by atoms with Crippen molar-refractivity contribution in [3.63, 3.8) is 0 Å². The van der Waals surface area contributed by atoms with Crippen molar-refractivity contribution in [1.82, 2.24) is 0 Å². The van der Waals surface area contributed by atoms with Gasteiger partial charge in [0.2, 0.25) is 0 Å². The highest BCUT2D eigenvalue weighted by molar-refractivity contribution is 8.27. The molecule has 1 aliphatic heterocycles. The van der Waals surface area contributed by atoms with Gasteiger partial charge in [-0.05, 0) is 42.9 Å². The summed E-state index contributed by atoms with van der Waals surface area (Å²) in [4.78, 5) is 0. The Hall–Kier alpha value is -1.39. The van der Waals surface area contributed by atoms with E-state index in [2.05, 4.69) is 0 Å². The molecular weight excluding hydrogens is 296 g/mol. The molecular formula is C17H20O2SSi. The van der Waals surface area contributed by atoms with E-state index >= 15 is 0 Å². The second-order valence-electron chi connectivity index (χ2n) is 5.17. The lowest BCUT2D eigenvalue weighted by atomic mass is 10.3. The lowest BCUT2D eigenvalue weighted by Gasteiger charge is -2.29. The van der Waals surface area contributed by atoms with E-state index in [4.69, 9.17) is 8.85 Å². The van der Waals surface area contributed by atoms with E-state index in [1.807, 2.05) is 71.9 Å². The van der Waals surface area contributed by atoms with Crippen LogP contribution in [0, 0.1) is 0 Å². The Kier molecular flexibility index (Phi) is 4.88. The highest BCUT2D eigenvalue weighted by Crippen LogP contribution is 2.36. The molecule has 110 valence electrons. The van der Waals surface area contributed by atoms with Crippen molar-refractivity contribution < 1.29 is 8.85 Å². The first-order valence-electron chi connectivity index (χ1n) is 7.48. The van der Waals surface area contributed by atoms with Gasteiger partial charge in [-0.3, -0.25) is 0 Å². The van der Waals surface area contributed by atoms with Crippen LogP contribution in [0.25, 0.3) is 0 Å². The molecule has 2 aromatic rings. The fourth-order valence-electron chi connectivity index (χ4n) is 2.44. The minimum Gasteiger partial charge on any atom is -0.505 e. The maximum atomic E-state index is 6.41. The summed E-state index contributed by atoms with van der Waals surface area (Å²) in [7, 11) is -2.30. The zero-order chi connectivity index (χ0) is 14.4. The lowest BCUT2D eigenvalue weighted by molar-refractivity contribution is 0.408. The van der Waals surface area contributed by atoms with Crippen molar-refractivity contribution >= 4 is 18.9 Å². The van der Waals surface area contributed by atoms with Crippen LogP contribution in [-0.4, -0.2) is 13.5 Å². The zero-order valence-electron chi connectivity index (χ0n) is 12.0. The molecule has 21 heavy (non-hydrogen) atoms. The van der Waals surface area contributed by atoms with Gasteiger partial charge >= 0.3 is 7.71 Å². The first-order chi connectivity index (χ1) is 10.4. The van der Waals surface area contributed by atoms with Gasteiger partial charge < -0.3 is 8.85 Å². The minimum atomic E-state index is -2.30. The maximum Gasteiger partial charge on any atom is 0.530 e. The molecule has 0 N–H and O–H groups in total. The van der Waals surface area contributed by atoms with Gasteiger partial charge in [-0.2, -0.15) is 0 Å². The number of rotatable bonds is 4. The molecule has 1 heterocycles. The third kappa shape index (κ3) is 4.05. The van der Waals surface area contributed by atoms with Crippen molar-refractivity contribution in [1.29, 1.82) is 0 Å². The molecule has 0 bridgehead atoms. The summed E-state index contributed by atoms with van der Waals surface area (Å²) in [6.07, 6.45) is 3.73. The predicted octanol–water partition coefficient (Wildman–Crippen LogP) is 5.00. The van der Waals surface area contributed by atoms with Crippen LogP contribution in [0.3, 0.4) is 0 Å². The molecule has 1 aliphatic rings. The van der Waals surface area contributed by atoms with Gasteiger partial charge in [0.05, 0.1) is 0 Å². The number of benzene rings is 2. The van der Waals surface area contributed by atoms with Crippen LogP contribution in [0.2, 0.25) is 6.04 Å². The maximum absolute atomic E-state index is 6.41. The van der Waals surface area contributed by atoms with Gasteiger partial charge in [0.15, 0.2) is 0 Å². The lowest BCUT2D eigenvalue weighted by Crippen LogP contribution is -2.45. The number of hydrogen-bond donors (Lipinski definition) is 0. The van der Waals surface area contributed by atoms with Gasteiger partial charge in [0.1, 0.15) is 11.5 Å². The molecule has 0 aromatic heterocycles. The number of hydrogen-bond acceptors (Lipinski definition) is 3. The Morgan fingerprint density at radius 3 is 1.86 bits per heavy atom. The fourth-order valence-corrected chi connectivity index (χ4v) is 8.44. The van der Waals surface area contributed by atoms with E-state index in [1.54, 1.807) is 0 Å². The standard InChI is InChI=1S/C17H20O2SSi/c1-4-10-16(11-5-1)18-21(15-9-3-8-14-20-21)19-17-12-6-2-7-13-17/h1-2,4-7,10-13H,3,8-9,14-15H2. The second kappa shape index (κ2) is 7.05. The first-order valence-corrected chi connectivity index (χ1v) is 11.2. The summed E-state index contributed by atoms with van der Waals surface area (Å²) in [5.74, 6) is 2.98. The predicted molar refractivity (Wildman–Crippen MR) is 91.0 cm³/mol. The summed E-state index contributed by atoms with van der Waals surface area (Å²) in [5.41, 5.74) is 0. The Morgan fingerprint density at radius 1 is 0.714 bits per heavy atom. The quantitative estimate of drug-likeness (QED) is 0.740. The third-order valence-electron chi connectivity index (χ3n) is 3.48. The SMILES string of the molecule is c1ccc(O[Si]2(Oc3ccccc3)CCCCCS2)cc1. The van der Waals surface area contributed by atoms with Gasteiger partial charge in [-0.15, -0.1) is 11.2 Å². The third-order valence-corrected chi connectivity index (χ3v) is 9.52. The van der Waals surface area contributed by atoms with Gasteiger partial charge in [-0.1, -0.05) is 42.8 Å². The molecule has 2 aromatic carbocycles. The van der Waals surface area contributed by atoms with E-state index in [9.17, 15) is 0 Å². The monoisotopic (exact) mass is 316 g/mol. The van der Waals surface area contributed by atoms with Crippen LogP contribution < -0.4 is 8.85 Å². The fraction of sp³-hybridized carbons (Fsp3) is 0.294. The smallest absolute Gasteiger partial charge is 0.505 e. The molecule has 0 saturated carbocycles. The Balaban J connectivity index is 1.83. The van der Waals surface area contributed by atoms with E-state index in [0.717, 1.165) is 23.3 Å². The average Bonchev–Trinajstić information content (AvgIpc) is 2.75. The second-order valence-corrected chi connectivity index (χ2v) is 10.9. The van der Waals surface area contributed by atoms with Crippen LogP contribution in [0.5, 0.6) is 11.5 Å². The molecule has 1 saturated heterocycles. The summed E-state index contributed by atoms with van der Waals surface area (Å²) in [6.45, 7) is 0. The molecule has 3 rings (SSSR count). The van der Waals surface area contributed by atoms with Crippen LogP contribution in [0.1, 0.15) is 19.3 Å². The van der Waals surface area contributed by atoms with Gasteiger partial charge in [0, 0.05) is 6.04 Å². The highest BCUT2D eigenvalue weighted by atomic mass is 32.4. The summed E-state index contributed by atoms with van der Waals surface area (Å²) >= 11 is 1.92. The van der Waals surface area contributed by atoms with Gasteiger partial charge in [-0.25, -0.2) is 0 Å². The molecule has 0 radical (unpaired) electrons. The normalized spacial score (nSPS) is 17.7. The molecule has 2 nitrogen and oxygen atoms in total. The zero-order valence-corrected chi connectivity index (χ0v) is 13.9. The first kappa shape index (κ1) is 14.5. The van der Waals surface area contributed by atoms with Crippen molar-refractivity contribution in [2.75, 3.05) is 5.75 Å². The van der Waals surface area contributed by atoms with E-state index in [0.29, 0.717) is 0 Å². The molecule has 1 fully saturated rings. The van der Waals surface area contributed by atoms with Crippen molar-refractivity contribution in [3.8, 4) is 11.5 Å². The number of para-hydroxylation sites is 2. The Bertz CT molecular complexity index is 496. The molecule has 4 heteroatoms. The summed E-state index contributed by atoms with van der Waals surface area (Å²) < 4.78 is 12.8. The Labute approximate surface area is 131 Å². The summed E-state index contributed by atoms with van der Waals surface area (Å²) in [6, 6.07) is 21.2. The van der Waals surface area contributed by atoms with E-state index in [-0.39, 0.29) is 0 Å². The highest BCUT2D eigenvalue weighted by Gasteiger charge is 2.44. The Morgan fingerprint density at radius 2 is 1.29 bits per heavy atom. The molecule has 0 unspecified atom stereocenters. The van der Waals surface area contributed by atoms with Crippen LogP contribution >= 0.6 is 11.2 Å². The average molecular weight is 316 g/mol. The van der Waals surface area contributed by atoms with E-state index in [1.165, 1.54) is 19.3 Å². The van der Waals surface area contributed by atoms with Gasteiger partial charge in [0.25, 0.3) is 0 Å². The molecule has 0 atom stereocenters. The van der Waals surface area contributed by atoms with Crippen LogP contribution in [0.4, 0.5) is 0 Å². The van der Waals surface area contributed by atoms with Crippen LogP contribution in [-0.2, 0) is 0 Å². The molecule has 0 aliphatic carbocycles. The minimum absolute atomic E-state index is 0.925. The molecule has 0 spiro atoms. The van der Waals surface area contributed by atoms with Crippen molar-refractivity contribution in [2.24, 2.45) is 0 Å². The topological polar surface area (TPSA) is 18.5 Å². The molecule has 0 amide bonds. The van der Waals surface area contributed by atoms with E-state index < -0.39 is 7.71 Å².